The second-order valence-corrected chi connectivity index (χ2v) is 5.94. The molecule has 0 aliphatic carbocycles. The number of phenols is 2. The lowest BCUT2D eigenvalue weighted by Crippen LogP contribution is -1.99. The summed E-state index contributed by atoms with van der Waals surface area (Å²) in [6.07, 6.45) is 4.07. The number of phenolic OH excluding ortho intramolecular Hbond substituents is 2. The van der Waals surface area contributed by atoms with E-state index in [1.165, 1.54) is 18.2 Å². The highest BCUT2D eigenvalue weighted by Gasteiger charge is 2.13. The third kappa shape index (κ3) is 4.63. The Morgan fingerprint density at radius 2 is 1.84 bits per heavy atom. The molecule has 2 aromatic carbocycles. The number of ketones is 1. The van der Waals surface area contributed by atoms with E-state index in [-0.39, 0.29) is 23.2 Å². The maximum atomic E-state index is 12.3. The summed E-state index contributed by atoms with van der Waals surface area (Å²) >= 11 is 0. The van der Waals surface area contributed by atoms with Crippen molar-refractivity contribution in [3.05, 3.63) is 59.2 Å². The molecule has 4 heteroatoms. The first-order chi connectivity index (χ1) is 12.0. The molecular formula is C21H24O4. The summed E-state index contributed by atoms with van der Waals surface area (Å²) in [5, 5.41) is 19.5. The first-order valence-electron chi connectivity index (χ1n) is 8.47. The van der Waals surface area contributed by atoms with Gasteiger partial charge in [-0.2, -0.15) is 0 Å². The largest absolute Gasteiger partial charge is 0.508 e. The lowest BCUT2D eigenvalue weighted by atomic mass is 9.95. The Hall–Kier alpha value is -2.75. The monoisotopic (exact) mass is 340 g/mol. The van der Waals surface area contributed by atoms with Crippen molar-refractivity contribution in [1.82, 2.24) is 0 Å². The average molecular weight is 340 g/mol. The van der Waals surface area contributed by atoms with Gasteiger partial charge in [0.25, 0.3) is 0 Å². The van der Waals surface area contributed by atoms with Gasteiger partial charge in [0.15, 0.2) is 5.78 Å². The van der Waals surface area contributed by atoms with E-state index < -0.39 is 0 Å². The van der Waals surface area contributed by atoms with Gasteiger partial charge < -0.3 is 14.9 Å². The predicted octanol–water partition coefficient (Wildman–Crippen LogP) is 4.91. The van der Waals surface area contributed by atoms with E-state index in [4.69, 9.17) is 4.74 Å². The van der Waals surface area contributed by atoms with Crippen LogP contribution < -0.4 is 4.74 Å². The molecule has 0 aliphatic rings. The predicted molar refractivity (Wildman–Crippen MR) is 99.5 cm³/mol. The van der Waals surface area contributed by atoms with Crippen LogP contribution in [-0.4, -0.2) is 22.6 Å². The molecule has 0 radical (unpaired) electrons. The first-order valence-corrected chi connectivity index (χ1v) is 8.47. The van der Waals surface area contributed by atoms with Crippen LogP contribution in [0.5, 0.6) is 17.2 Å². The van der Waals surface area contributed by atoms with E-state index in [2.05, 4.69) is 6.92 Å². The Labute approximate surface area is 148 Å². The minimum absolute atomic E-state index is 0.121. The molecular weight excluding hydrogens is 316 g/mol. The fraction of sp³-hybridized carbons (Fsp3) is 0.286. The lowest BCUT2D eigenvalue weighted by molar-refractivity contribution is 0.104. The van der Waals surface area contributed by atoms with Crippen LogP contribution in [-0.2, 0) is 0 Å². The molecule has 2 aromatic rings. The minimum Gasteiger partial charge on any atom is -0.508 e. The SMILES string of the molecule is CCOc1cc(O)c(C(C)CC)cc1C=CC(=O)c1ccc(O)cc1. The second kappa shape index (κ2) is 8.38. The molecule has 0 aliphatic heterocycles. The average Bonchev–Trinajstić information content (AvgIpc) is 2.61. The molecule has 25 heavy (non-hydrogen) atoms. The number of hydrogen-bond donors (Lipinski definition) is 2. The van der Waals surface area contributed by atoms with Gasteiger partial charge in [0.1, 0.15) is 17.2 Å². The van der Waals surface area contributed by atoms with Crippen LogP contribution in [0.2, 0.25) is 0 Å². The Bertz CT molecular complexity index is 760. The van der Waals surface area contributed by atoms with Crippen LogP contribution in [0.3, 0.4) is 0 Å². The van der Waals surface area contributed by atoms with E-state index in [0.29, 0.717) is 17.9 Å². The zero-order valence-electron chi connectivity index (χ0n) is 14.8. The van der Waals surface area contributed by atoms with E-state index in [9.17, 15) is 15.0 Å². The molecule has 4 nitrogen and oxygen atoms in total. The molecule has 0 heterocycles. The molecule has 0 saturated heterocycles. The zero-order valence-corrected chi connectivity index (χ0v) is 14.8. The molecule has 132 valence electrons. The van der Waals surface area contributed by atoms with Gasteiger partial charge in [-0.1, -0.05) is 13.8 Å². The lowest BCUT2D eigenvalue weighted by Gasteiger charge is -2.15. The van der Waals surface area contributed by atoms with Crippen LogP contribution in [0.1, 0.15) is 54.6 Å². The summed E-state index contributed by atoms with van der Waals surface area (Å²) in [4.78, 5) is 12.3. The minimum atomic E-state index is -0.166. The normalized spacial score (nSPS) is 12.3. The van der Waals surface area contributed by atoms with Crippen molar-refractivity contribution in [2.75, 3.05) is 6.61 Å². The van der Waals surface area contributed by atoms with Gasteiger partial charge in [0, 0.05) is 17.2 Å². The van der Waals surface area contributed by atoms with Gasteiger partial charge in [0.2, 0.25) is 0 Å². The number of aromatic hydroxyl groups is 2. The van der Waals surface area contributed by atoms with Crippen molar-refractivity contribution < 1.29 is 19.7 Å². The summed E-state index contributed by atoms with van der Waals surface area (Å²) in [5.74, 6) is 0.911. The number of ether oxygens (including phenoxy) is 1. The van der Waals surface area contributed by atoms with Gasteiger partial charge >= 0.3 is 0 Å². The van der Waals surface area contributed by atoms with E-state index in [1.807, 2.05) is 19.9 Å². The number of hydrogen-bond acceptors (Lipinski definition) is 4. The van der Waals surface area contributed by atoms with Gasteiger partial charge in [-0.3, -0.25) is 4.79 Å². The Balaban J connectivity index is 2.35. The summed E-state index contributed by atoms with van der Waals surface area (Å²) in [6, 6.07) is 9.59. The fourth-order valence-electron chi connectivity index (χ4n) is 2.52. The van der Waals surface area contributed by atoms with Crippen molar-refractivity contribution >= 4 is 11.9 Å². The van der Waals surface area contributed by atoms with Crippen molar-refractivity contribution in [3.63, 3.8) is 0 Å². The smallest absolute Gasteiger partial charge is 0.185 e. The second-order valence-electron chi connectivity index (χ2n) is 5.94. The summed E-state index contributed by atoms with van der Waals surface area (Å²) < 4.78 is 5.58. The molecule has 0 fully saturated rings. The van der Waals surface area contributed by atoms with Crippen molar-refractivity contribution in [1.29, 1.82) is 0 Å². The van der Waals surface area contributed by atoms with Crippen molar-refractivity contribution in [2.24, 2.45) is 0 Å². The third-order valence-corrected chi connectivity index (χ3v) is 4.17. The van der Waals surface area contributed by atoms with E-state index in [0.717, 1.165) is 17.5 Å². The molecule has 0 bridgehead atoms. The Kier molecular flexibility index (Phi) is 6.23. The molecule has 1 atom stereocenters. The van der Waals surface area contributed by atoms with Gasteiger partial charge in [-0.25, -0.2) is 0 Å². The molecule has 1 unspecified atom stereocenters. The van der Waals surface area contributed by atoms with Gasteiger partial charge in [-0.15, -0.1) is 0 Å². The van der Waals surface area contributed by atoms with Gasteiger partial charge in [0.05, 0.1) is 6.61 Å². The molecule has 0 spiro atoms. The van der Waals surface area contributed by atoms with Crippen LogP contribution in [0.4, 0.5) is 0 Å². The maximum Gasteiger partial charge on any atom is 0.185 e. The maximum absolute atomic E-state index is 12.3. The molecule has 2 rings (SSSR count). The quantitative estimate of drug-likeness (QED) is 0.555. The van der Waals surface area contributed by atoms with E-state index >= 15 is 0 Å². The van der Waals surface area contributed by atoms with Crippen LogP contribution in [0.25, 0.3) is 6.08 Å². The van der Waals surface area contributed by atoms with Crippen molar-refractivity contribution in [2.45, 2.75) is 33.1 Å². The van der Waals surface area contributed by atoms with Crippen molar-refractivity contribution in [3.8, 4) is 17.2 Å². The number of carbonyl (C=O) groups excluding carboxylic acids is 1. The zero-order chi connectivity index (χ0) is 18.4. The van der Waals surface area contributed by atoms with E-state index in [1.54, 1.807) is 24.3 Å². The molecule has 0 amide bonds. The highest BCUT2D eigenvalue weighted by atomic mass is 16.5. The molecule has 0 saturated carbocycles. The fourth-order valence-corrected chi connectivity index (χ4v) is 2.52. The van der Waals surface area contributed by atoms with Gasteiger partial charge in [-0.05, 0) is 67.3 Å². The van der Waals surface area contributed by atoms with Crippen LogP contribution >= 0.6 is 0 Å². The summed E-state index contributed by atoms with van der Waals surface area (Å²) in [5.41, 5.74) is 2.08. The molecule has 0 aromatic heterocycles. The summed E-state index contributed by atoms with van der Waals surface area (Å²) in [6.45, 7) is 6.44. The summed E-state index contributed by atoms with van der Waals surface area (Å²) in [7, 11) is 0. The highest BCUT2D eigenvalue weighted by Crippen LogP contribution is 2.35. The Morgan fingerprint density at radius 3 is 2.44 bits per heavy atom. The molecule has 2 N–H and O–H groups in total. The number of allylic oxidation sites excluding steroid dienone is 1. The number of carbonyl (C=O) groups is 1. The van der Waals surface area contributed by atoms with Crippen LogP contribution in [0.15, 0.2) is 42.5 Å². The number of benzene rings is 2. The Morgan fingerprint density at radius 1 is 1.16 bits per heavy atom. The first kappa shape index (κ1) is 18.6. The van der Waals surface area contributed by atoms with Crippen LogP contribution in [0, 0.1) is 0 Å². The third-order valence-electron chi connectivity index (χ3n) is 4.17. The highest BCUT2D eigenvalue weighted by molar-refractivity contribution is 6.07. The topological polar surface area (TPSA) is 66.8 Å². The standard InChI is InChI=1S/C21H24O4/c1-4-14(3)18-12-16(21(25-5-2)13-20(18)24)8-11-19(23)15-6-9-17(22)10-7-15/h6-14,22,24H,4-5H2,1-3H3. The number of rotatable bonds is 7.